The van der Waals surface area contributed by atoms with Crippen molar-refractivity contribution in [3.63, 3.8) is 0 Å². The summed E-state index contributed by atoms with van der Waals surface area (Å²) in [4.78, 5) is 20.8. The zero-order valence-electron chi connectivity index (χ0n) is 16.3. The molecule has 2 aromatic rings. The van der Waals surface area contributed by atoms with Crippen LogP contribution >= 0.6 is 0 Å². The van der Waals surface area contributed by atoms with Crippen LogP contribution in [0.15, 0.2) is 16.4 Å². The zero-order chi connectivity index (χ0) is 23.4. The number of aliphatic imine (C=N–C) groups is 1. The minimum atomic E-state index is -0.283. The van der Waals surface area contributed by atoms with E-state index in [0.29, 0.717) is 0 Å². The van der Waals surface area contributed by atoms with E-state index in [1.54, 1.807) is 24.3 Å². The third-order valence-electron chi connectivity index (χ3n) is 4.18. The summed E-state index contributed by atoms with van der Waals surface area (Å²) < 4.78 is 1.16. The van der Waals surface area contributed by atoms with Gasteiger partial charge in [-0.2, -0.15) is 36.1 Å². The van der Waals surface area contributed by atoms with Crippen molar-refractivity contribution >= 4 is 12.4 Å². The lowest BCUT2D eigenvalue weighted by Crippen LogP contribution is -2.22. The van der Waals surface area contributed by atoms with Gasteiger partial charge in [0.15, 0.2) is 28.8 Å². The van der Waals surface area contributed by atoms with E-state index in [9.17, 15) is 31.6 Å². The molecule has 0 radical (unpaired) electrons. The minimum Gasteiger partial charge on any atom is -0.236 e. The molecule has 1 aliphatic rings. The highest BCUT2D eigenvalue weighted by molar-refractivity contribution is 6.08. The van der Waals surface area contributed by atoms with Crippen LogP contribution in [0.5, 0.6) is 0 Å². The van der Waals surface area contributed by atoms with E-state index in [-0.39, 0.29) is 69.1 Å². The minimum absolute atomic E-state index is 0.00724. The number of hydrogen-bond donors (Lipinski definition) is 0. The topological polar surface area (TPSA) is 210 Å². The molecule has 0 atom stereocenters. The highest BCUT2D eigenvalue weighted by atomic mass is 15.0. The predicted octanol–water partition coefficient (Wildman–Crippen LogP) is 0.367. The Balaban J connectivity index is 2.44. The van der Waals surface area contributed by atoms with E-state index in [4.69, 9.17) is 0 Å². The van der Waals surface area contributed by atoms with Crippen LogP contribution < -0.4 is 0 Å². The van der Waals surface area contributed by atoms with Gasteiger partial charge in [-0.05, 0) is 0 Å². The quantitative estimate of drug-likeness (QED) is 0.373. The summed E-state index contributed by atoms with van der Waals surface area (Å²) in [6, 6.07) is 10.8. The molecule has 0 N–H and O–H groups in total. The van der Waals surface area contributed by atoms with Crippen LogP contribution in [-0.2, 0) is 6.42 Å². The molecule has 0 amide bonds. The molecule has 32 heavy (non-hydrogen) atoms. The van der Waals surface area contributed by atoms with Gasteiger partial charge in [0.1, 0.15) is 61.2 Å². The molecule has 0 saturated heterocycles. The Hall–Kier alpha value is -5.82. The first-order valence-corrected chi connectivity index (χ1v) is 8.52. The van der Waals surface area contributed by atoms with E-state index >= 15 is 0 Å². The maximum absolute atomic E-state index is 9.52. The maximum atomic E-state index is 9.52. The highest BCUT2D eigenvalue weighted by Crippen LogP contribution is 2.31. The van der Waals surface area contributed by atoms with Gasteiger partial charge in [0, 0.05) is 6.42 Å². The molecule has 2 heterocycles. The summed E-state index contributed by atoms with van der Waals surface area (Å²) in [6.45, 7) is 3.58. The van der Waals surface area contributed by atoms with Gasteiger partial charge >= 0.3 is 5.70 Å². The molecule has 3 rings (SSSR count). The van der Waals surface area contributed by atoms with Crippen LogP contribution in [0.4, 0.5) is 0 Å². The zero-order valence-corrected chi connectivity index (χ0v) is 16.3. The van der Waals surface area contributed by atoms with Crippen LogP contribution in [0.3, 0.4) is 0 Å². The number of allylic oxidation sites excluding steroid dienone is 2. The number of nitrogens with zero attached hydrogens (tertiary/aromatic N) is 12. The molecule has 0 unspecified atom stereocenters. The summed E-state index contributed by atoms with van der Waals surface area (Å²) in [5.41, 5.74) is -0.979. The lowest BCUT2D eigenvalue weighted by Gasteiger charge is -2.19. The molecule has 146 valence electrons. The van der Waals surface area contributed by atoms with Crippen LogP contribution in [0.25, 0.3) is 11.4 Å². The Morgan fingerprint density at radius 3 is 1.75 bits per heavy atom. The number of rotatable bonds is 2. The first-order chi connectivity index (χ1) is 15.4. The standard InChI is InChI=1S/C20H7N12/c1-32(2)17(9-26)16(8-25)28-11-3-10-18(29-13(5-22)12(4-21)27-10)20-19(11)30-14(6-23)15(7-24)31-20/h1,3H2,2H3/q+1. The second kappa shape index (κ2) is 8.27. The molecule has 0 spiro atoms. The number of aromatic nitrogens is 4. The van der Waals surface area contributed by atoms with Crippen molar-refractivity contribution in [3.8, 4) is 47.8 Å². The Kier molecular flexibility index (Phi) is 5.41. The molecule has 0 aromatic carbocycles. The fourth-order valence-corrected chi connectivity index (χ4v) is 2.82. The van der Waals surface area contributed by atoms with Crippen molar-refractivity contribution in [3.05, 3.63) is 45.6 Å². The van der Waals surface area contributed by atoms with Crippen LogP contribution in [0, 0.1) is 68.0 Å². The monoisotopic (exact) mass is 415 g/mol. The summed E-state index contributed by atoms with van der Waals surface area (Å²) >= 11 is 0. The fraction of sp³-hybridized carbons (Fsp3) is 0.100. The first kappa shape index (κ1) is 20.9. The summed E-state index contributed by atoms with van der Waals surface area (Å²) in [7, 11) is 1.46. The summed E-state index contributed by atoms with van der Waals surface area (Å²) in [6.07, 6.45) is -0.0914. The van der Waals surface area contributed by atoms with Gasteiger partial charge in [-0.15, -0.1) is 0 Å². The molecule has 0 bridgehead atoms. The molecule has 0 fully saturated rings. The molecular weight excluding hydrogens is 408 g/mol. The summed E-state index contributed by atoms with van der Waals surface area (Å²) in [5.74, 6) is 0. The molecule has 0 aliphatic heterocycles. The highest BCUT2D eigenvalue weighted by Gasteiger charge is 2.31. The molecule has 2 aromatic heterocycles. The lowest BCUT2D eigenvalue weighted by molar-refractivity contribution is -0.427. The second-order valence-electron chi connectivity index (χ2n) is 6.14. The first-order valence-electron chi connectivity index (χ1n) is 8.52. The number of nitriles is 6. The van der Waals surface area contributed by atoms with Gasteiger partial charge in [0.2, 0.25) is 5.70 Å². The van der Waals surface area contributed by atoms with E-state index in [1.165, 1.54) is 7.05 Å². The molecule has 12 nitrogen and oxygen atoms in total. The molecule has 0 saturated carbocycles. The Morgan fingerprint density at radius 1 is 0.781 bits per heavy atom. The Labute approximate surface area is 180 Å². The van der Waals surface area contributed by atoms with Gasteiger partial charge < -0.3 is 0 Å². The third kappa shape index (κ3) is 3.36. The lowest BCUT2D eigenvalue weighted by atomic mass is 9.96. The van der Waals surface area contributed by atoms with Crippen molar-refractivity contribution < 1.29 is 4.58 Å². The van der Waals surface area contributed by atoms with Crippen molar-refractivity contribution in [2.75, 3.05) is 7.05 Å². The smallest absolute Gasteiger partial charge is 0.236 e. The van der Waals surface area contributed by atoms with E-state index in [2.05, 4.69) is 31.6 Å². The average Bonchev–Trinajstić information content (AvgIpc) is 2.81. The molecular formula is C20H7N12+. The van der Waals surface area contributed by atoms with Gasteiger partial charge in [0.05, 0.1) is 11.4 Å². The van der Waals surface area contributed by atoms with Crippen molar-refractivity contribution in [2.45, 2.75) is 6.42 Å². The van der Waals surface area contributed by atoms with Crippen LogP contribution in [0.2, 0.25) is 0 Å². The van der Waals surface area contributed by atoms with Crippen molar-refractivity contribution in [2.24, 2.45) is 4.99 Å². The summed E-state index contributed by atoms with van der Waals surface area (Å²) in [5, 5.41) is 56.1. The third-order valence-corrected chi connectivity index (χ3v) is 4.18. The SMILES string of the molecule is C=[N+](C)C(C#N)=C(C#N)N=C1Cc2nc(C#N)c(C#N)nc2-c2nc(C#N)c(C#N)nc21. The van der Waals surface area contributed by atoms with Gasteiger partial charge in [-0.25, -0.2) is 24.9 Å². The molecule has 1 aliphatic carbocycles. The second-order valence-corrected chi connectivity index (χ2v) is 6.14. The van der Waals surface area contributed by atoms with E-state index in [1.807, 2.05) is 12.1 Å². The van der Waals surface area contributed by atoms with Crippen molar-refractivity contribution in [1.29, 1.82) is 31.6 Å². The Bertz CT molecular complexity index is 1530. The van der Waals surface area contributed by atoms with Crippen molar-refractivity contribution in [1.82, 2.24) is 19.9 Å². The number of hydrogen-bond acceptors (Lipinski definition) is 11. The van der Waals surface area contributed by atoms with Crippen LogP contribution in [-0.4, -0.2) is 44.0 Å². The Morgan fingerprint density at radius 2 is 1.28 bits per heavy atom. The average molecular weight is 415 g/mol. The largest absolute Gasteiger partial charge is 0.319 e. The van der Waals surface area contributed by atoms with Crippen LogP contribution in [0.1, 0.15) is 34.2 Å². The predicted molar refractivity (Wildman–Crippen MR) is 104 cm³/mol. The van der Waals surface area contributed by atoms with Gasteiger partial charge in [-0.3, -0.25) is 0 Å². The normalized spacial score (nSPS) is 12.9. The number of fused-ring (bicyclic) bond motifs is 3. The van der Waals surface area contributed by atoms with Gasteiger partial charge in [0.25, 0.3) is 0 Å². The van der Waals surface area contributed by atoms with E-state index < -0.39 is 0 Å². The fourth-order valence-electron chi connectivity index (χ4n) is 2.82. The molecule has 12 heteroatoms. The van der Waals surface area contributed by atoms with E-state index in [0.717, 1.165) is 4.58 Å². The van der Waals surface area contributed by atoms with Gasteiger partial charge in [-0.1, -0.05) is 0 Å². The maximum Gasteiger partial charge on any atom is 0.319 e.